The minimum Gasteiger partial charge on any atom is -0.379 e. The fourth-order valence-electron chi connectivity index (χ4n) is 4.96. The molecule has 1 saturated heterocycles. The van der Waals surface area contributed by atoms with Gasteiger partial charge >= 0.3 is 6.03 Å². The van der Waals surface area contributed by atoms with Crippen molar-refractivity contribution in [2.45, 2.75) is 45.8 Å². The maximum Gasteiger partial charge on any atom is 0.317 e. The maximum absolute atomic E-state index is 14.8. The van der Waals surface area contributed by atoms with Crippen molar-refractivity contribution in [3.8, 4) is 11.3 Å². The molecule has 1 aromatic heterocycles. The zero-order valence-corrected chi connectivity index (χ0v) is 22.5. The van der Waals surface area contributed by atoms with Crippen LogP contribution in [0.3, 0.4) is 0 Å². The summed E-state index contributed by atoms with van der Waals surface area (Å²) in [5.74, 6) is -0.486. The molecule has 4 rings (SSSR count). The van der Waals surface area contributed by atoms with E-state index in [2.05, 4.69) is 31.4 Å². The number of hydrogen-bond donors (Lipinski definition) is 2. The molecular formula is C29H37F2N5O2. The van der Waals surface area contributed by atoms with Gasteiger partial charge in [-0.05, 0) is 35.6 Å². The fourth-order valence-corrected chi connectivity index (χ4v) is 4.96. The van der Waals surface area contributed by atoms with E-state index in [1.54, 1.807) is 18.1 Å². The molecule has 1 aliphatic rings. The Morgan fingerprint density at radius 3 is 2.66 bits per heavy atom. The molecule has 0 saturated carbocycles. The summed E-state index contributed by atoms with van der Waals surface area (Å²) >= 11 is 0. The number of rotatable bonds is 8. The number of nitrogens with one attached hydrogen (secondary N) is 2. The number of halogens is 2. The zero-order chi connectivity index (χ0) is 27.3. The number of imidazole rings is 1. The maximum atomic E-state index is 14.8. The predicted octanol–water partition coefficient (Wildman–Crippen LogP) is 4.98. The molecule has 0 spiro atoms. The largest absolute Gasteiger partial charge is 0.379 e. The van der Waals surface area contributed by atoms with Gasteiger partial charge in [0, 0.05) is 44.5 Å². The molecule has 0 bridgehead atoms. The third kappa shape index (κ3) is 6.57. The van der Waals surface area contributed by atoms with Gasteiger partial charge in [0.2, 0.25) is 0 Å². The molecule has 1 fully saturated rings. The van der Waals surface area contributed by atoms with Crippen LogP contribution in [0.1, 0.15) is 44.6 Å². The molecule has 9 heteroatoms. The number of ether oxygens (including phenoxy) is 1. The second-order valence-corrected chi connectivity index (χ2v) is 10.8. The number of morpholine rings is 1. The number of amides is 2. The SMILES string of the molecule is CNC(=O)N(CC[C@H]1COCCN1)[C@@H](c1nc(-c2cc(F)ccc2F)cn1Cc1ccccc1)C(C)(C)C. The van der Waals surface area contributed by atoms with Crippen molar-refractivity contribution in [3.05, 3.63) is 77.8 Å². The molecule has 1 aliphatic heterocycles. The number of urea groups is 1. The smallest absolute Gasteiger partial charge is 0.317 e. The third-order valence-corrected chi connectivity index (χ3v) is 6.78. The fraction of sp³-hybridized carbons (Fsp3) is 0.448. The Kier molecular flexibility index (Phi) is 8.79. The summed E-state index contributed by atoms with van der Waals surface area (Å²) < 4.78 is 36.5. The van der Waals surface area contributed by atoms with E-state index >= 15 is 0 Å². The summed E-state index contributed by atoms with van der Waals surface area (Å²) in [7, 11) is 1.61. The van der Waals surface area contributed by atoms with E-state index in [0.29, 0.717) is 44.2 Å². The molecule has 7 nitrogen and oxygen atoms in total. The van der Waals surface area contributed by atoms with Crippen LogP contribution in [0.2, 0.25) is 0 Å². The Hall–Kier alpha value is -3.30. The molecule has 0 aliphatic carbocycles. The van der Waals surface area contributed by atoms with E-state index in [1.807, 2.05) is 34.9 Å². The summed E-state index contributed by atoms with van der Waals surface area (Å²) in [6, 6.07) is 12.7. The second kappa shape index (κ2) is 12.0. The van der Waals surface area contributed by atoms with Crippen LogP contribution in [0.5, 0.6) is 0 Å². The lowest BCUT2D eigenvalue weighted by atomic mass is 9.84. The van der Waals surface area contributed by atoms with Crippen molar-refractivity contribution in [1.29, 1.82) is 0 Å². The van der Waals surface area contributed by atoms with Gasteiger partial charge in [-0.2, -0.15) is 0 Å². The van der Waals surface area contributed by atoms with Crippen LogP contribution in [0.4, 0.5) is 13.6 Å². The first-order valence-electron chi connectivity index (χ1n) is 13.0. The van der Waals surface area contributed by atoms with Gasteiger partial charge in [0.1, 0.15) is 17.5 Å². The topological polar surface area (TPSA) is 71.4 Å². The minimum atomic E-state index is -0.554. The second-order valence-electron chi connectivity index (χ2n) is 10.8. The van der Waals surface area contributed by atoms with Crippen molar-refractivity contribution in [3.63, 3.8) is 0 Å². The first-order chi connectivity index (χ1) is 18.2. The average molecular weight is 526 g/mol. The quantitative estimate of drug-likeness (QED) is 0.435. The van der Waals surface area contributed by atoms with Crippen molar-refractivity contribution in [2.24, 2.45) is 5.41 Å². The normalized spacial score (nSPS) is 16.7. The molecule has 2 N–H and O–H groups in total. The monoisotopic (exact) mass is 525 g/mol. The molecule has 2 heterocycles. The number of carbonyl (C=O) groups is 1. The Balaban J connectivity index is 1.80. The van der Waals surface area contributed by atoms with Crippen molar-refractivity contribution >= 4 is 6.03 Å². The summed E-state index contributed by atoms with van der Waals surface area (Å²) in [6.45, 7) is 9.14. The van der Waals surface area contributed by atoms with Gasteiger partial charge in [-0.25, -0.2) is 18.6 Å². The Morgan fingerprint density at radius 1 is 1.24 bits per heavy atom. The first-order valence-corrected chi connectivity index (χ1v) is 13.0. The van der Waals surface area contributed by atoms with E-state index < -0.39 is 23.1 Å². The van der Waals surface area contributed by atoms with Crippen molar-refractivity contribution in [2.75, 3.05) is 33.4 Å². The van der Waals surface area contributed by atoms with Crippen LogP contribution in [0.15, 0.2) is 54.7 Å². The summed E-state index contributed by atoms with van der Waals surface area (Å²) in [4.78, 5) is 20.0. The van der Waals surface area contributed by atoms with Gasteiger partial charge in [0.05, 0.1) is 24.9 Å². The van der Waals surface area contributed by atoms with Gasteiger partial charge in [0.25, 0.3) is 0 Å². The molecule has 3 aromatic rings. The molecule has 2 aromatic carbocycles. The highest BCUT2D eigenvalue weighted by molar-refractivity contribution is 5.74. The van der Waals surface area contributed by atoms with E-state index in [4.69, 9.17) is 9.72 Å². The highest BCUT2D eigenvalue weighted by Crippen LogP contribution is 2.39. The van der Waals surface area contributed by atoms with E-state index in [1.165, 1.54) is 0 Å². The Morgan fingerprint density at radius 2 is 2.00 bits per heavy atom. The van der Waals surface area contributed by atoms with Gasteiger partial charge in [-0.15, -0.1) is 0 Å². The molecule has 204 valence electrons. The van der Waals surface area contributed by atoms with Crippen LogP contribution < -0.4 is 10.6 Å². The lowest BCUT2D eigenvalue weighted by Gasteiger charge is -2.40. The molecule has 0 unspecified atom stereocenters. The number of aromatic nitrogens is 2. The van der Waals surface area contributed by atoms with Crippen molar-refractivity contribution in [1.82, 2.24) is 25.1 Å². The number of carbonyl (C=O) groups excluding carboxylic acids is 1. The van der Waals surface area contributed by atoms with Gasteiger partial charge in [-0.3, -0.25) is 0 Å². The summed E-state index contributed by atoms with van der Waals surface area (Å²) in [6.07, 6.45) is 2.45. The summed E-state index contributed by atoms with van der Waals surface area (Å²) in [5.41, 5.74) is 1.00. The zero-order valence-electron chi connectivity index (χ0n) is 22.5. The average Bonchev–Trinajstić information content (AvgIpc) is 3.30. The van der Waals surface area contributed by atoms with Crippen LogP contribution in [-0.2, 0) is 11.3 Å². The number of benzene rings is 2. The minimum absolute atomic E-state index is 0.0840. The lowest BCUT2D eigenvalue weighted by Crippen LogP contribution is -2.49. The molecular weight excluding hydrogens is 488 g/mol. The van der Waals surface area contributed by atoms with Gasteiger partial charge in [0.15, 0.2) is 0 Å². The molecule has 2 atom stereocenters. The van der Waals surface area contributed by atoms with E-state index in [9.17, 15) is 13.6 Å². The predicted molar refractivity (Wildman–Crippen MR) is 144 cm³/mol. The third-order valence-electron chi connectivity index (χ3n) is 6.78. The van der Waals surface area contributed by atoms with Crippen LogP contribution in [-0.4, -0.2) is 59.9 Å². The molecule has 2 amide bonds. The van der Waals surface area contributed by atoms with E-state index in [-0.39, 0.29) is 17.6 Å². The Labute approximate surface area is 223 Å². The number of hydrogen-bond acceptors (Lipinski definition) is 4. The lowest BCUT2D eigenvalue weighted by molar-refractivity contribution is 0.0623. The highest BCUT2D eigenvalue weighted by atomic mass is 19.1. The van der Waals surface area contributed by atoms with Crippen LogP contribution in [0, 0.1) is 17.0 Å². The van der Waals surface area contributed by atoms with Gasteiger partial charge in [-0.1, -0.05) is 51.1 Å². The van der Waals surface area contributed by atoms with Crippen LogP contribution in [0.25, 0.3) is 11.3 Å². The van der Waals surface area contributed by atoms with Crippen molar-refractivity contribution < 1.29 is 18.3 Å². The molecule has 38 heavy (non-hydrogen) atoms. The Bertz CT molecular complexity index is 1220. The standard InChI is InChI=1S/C29H37F2N5O2/c1-29(2,3)26(36(28(37)32-4)14-12-22-19-38-15-13-33-22)27-34-25(23-16-21(30)10-11-24(23)31)18-35(27)17-20-8-6-5-7-9-20/h5-11,16,18,22,26,33H,12-15,17,19H2,1-4H3,(H,32,37)/t22-,26-/m0/s1. The van der Waals surface area contributed by atoms with Crippen LogP contribution >= 0.6 is 0 Å². The highest BCUT2D eigenvalue weighted by Gasteiger charge is 2.38. The van der Waals surface area contributed by atoms with Gasteiger partial charge < -0.3 is 24.8 Å². The first kappa shape index (κ1) is 27.7. The summed E-state index contributed by atoms with van der Waals surface area (Å²) in [5, 5.41) is 6.24. The number of nitrogens with zero attached hydrogens (tertiary/aromatic N) is 3. The molecule has 0 radical (unpaired) electrons. The van der Waals surface area contributed by atoms with E-state index in [0.717, 1.165) is 30.3 Å².